The summed E-state index contributed by atoms with van der Waals surface area (Å²) in [5.41, 5.74) is 8.47. The van der Waals surface area contributed by atoms with Crippen LogP contribution >= 0.6 is 23.2 Å². The van der Waals surface area contributed by atoms with Crippen LogP contribution in [-0.4, -0.2) is 26.8 Å². The molecule has 5 rings (SSSR count). The standard InChI is InChI=1S/C24H26Cl2FN5O/c1-14(21-18(25)4-5-19(27)22(21)26)33-20-8-15(10-29-23(20)28)16-11-31-32(13-16)17-9-24(30-12-17)6-2-3-7-24/h4-5,8,10-11,13-14,17,30H,2-3,6-7,9,12H2,1H3,(H2,28,29). The van der Waals surface area contributed by atoms with E-state index in [2.05, 4.69) is 15.4 Å². The number of nitrogens with two attached hydrogens (primary N) is 1. The Bertz CT molecular complexity index is 1180. The van der Waals surface area contributed by atoms with Crippen molar-refractivity contribution in [3.8, 4) is 16.9 Å². The maximum absolute atomic E-state index is 14.0. The number of nitrogens with one attached hydrogen (secondary N) is 1. The van der Waals surface area contributed by atoms with Crippen molar-refractivity contribution >= 4 is 29.0 Å². The minimum atomic E-state index is -0.630. The molecular weight excluding hydrogens is 464 g/mol. The van der Waals surface area contributed by atoms with Crippen LogP contribution in [0.25, 0.3) is 11.1 Å². The van der Waals surface area contributed by atoms with E-state index >= 15 is 0 Å². The molecule has 1 saturated heterocycles. The van der Waals surface area contributed by atoms with E-state index in [1.807, 2.05) is 23.1 Å². The van der Waals surface area contributed by atoms with Gasteiger partial charge in [0, 0.05) is 46.2 Å². The van der Waals surface area contributed by atoms with E-state index < -0.39 is 11.9 Å². The Morgan fingerprint density at radius 1 is 1.24 bits per heavy atom. The highest BCUT2D eigenvalue weighted by atomic mass is 35.5. The lowest BCUT2D eigenvalue weighted by Gasteiger charge is -2.22. The molecule has 2 atom stereocenters. The molecule has 3 heterocycles. The molecule has 0 radical (unpaired) electrons. The van der Waals surface area contributed by atoms with Gasteiger partial charge in [-0.25, -0.2) is 9.37 Å². The fourth-order valence-corrected chi connectivity index (χ4v) is 5.79. The van der Waals surface area contributed by atoms with Gasteiger partial charge in [-0.3, -0.25) is 4.68 Å². The van der Waals surface area contributed by atoms with E-state index in [4.69, 9.17) is 33.7 Å². The summed E-state index contributed by atoms with van der Waals surface area (Å²) in [7, 11) is 0. The molecule has 2 unspecified atom stereocenters. The molecule has 6 nitrogen and oxygen atoms in total. The Balaban J connectivity index is 1.36. The molecule has 0 amide bonds. The first kappa shape index (κ1) is 22.4. The van der Waals surface area contributed by atoms with Gasteiger partial charge in [-0.1, -0.05) is 36.0 Å². The van der Waals surface area contributed by atoms with Crippen LogP contribution in [0.5, 0.6) is 5.75 Å². The Labute approximate surface area is 202 Å². The van der Waals surface area contributed by atoms with Crippen LogP contribution in [0.2, 0.25) is 10.0 Å². The Kier molecular flexibility index (Phi) is 5.97. The number of halogens is 3. The smallest absolute Gasteiger partial charge is 0.166 e. The van der Waals surface area contributed by atoms with Gasteiger partial charge in [0.15, 0.2) is 11.6 Å². The van der Waals surface area contributed by atoms with Crippen molar-refractivity contribution in [2.45, 2.75) is 56.7 Å². The fraction of sp³-hybridized carbons (Fsp3) is 0.417. The second kappa shape index (κ2) is 8.78. The topological polar surface area (TPSA) is 78.0 Å². The highest BCUT2D eigenvalue weighted by Crippen LogP contribution is 2.41. The second-order valence-corrected chi connectivity index (χ2v) is 9.84. The molecule has 1 aromatic carbocycles. The summed E-state index contributed by atoms with van der Waals surface area (Å²) in [4.78, 5) is 4.29. The zero-order valence-electron chi connectivity index (χ0n) is 18.3. The average Bonchev–Trinajstić information content (AvgIpc) is 3.55. The molecule has 9 heteroatoms. The lowest BCUT2D eigenvalue weighted by Crippen LogP contribution is -2.35. The molecule has 0 bridgehead atoms. The van der Waals surface area contributed by atoms with Gasteiger partial charge in [-0.2, -0.15) is 5.10 Å². The fourth-order valence-electron chi connectivity index (χ4n) is 5.11. The molecule has 2 fully saturated rings. The summed E-state index contributed by atoms with van der Waals surface area (Å²) in [6, 6.07) is 4.83. The highest BCUT2D eigenvalue weighted by molar-refractivity contribution is 6.36. The van der Waals surface area contributed by atoms with Crippen LogP contribution in [0.15, 0.2) is 36.8 Å². The van der Waals surface area contributed by atoms with Gasteiger partial charge in [0.1, 0.15) is 11.9 Å². The molecule has 1 aliphatic carbocycles. The minimum absolute atomic E-state index is 0.0656. The third-order valence-corrected chi connectivity index (χ3v) is 7.59. The predicted octanol–water partition coefficient (Wildman–Crippen LogP) is 5.96. The molecule has 1 spiro atoms. The summed E-state index contributed by atoms with van der Waals surface area (Å²) < 4.78 is 22.0. The van der Waals surface area contributed by atoms with Crippen LogP contribution < -0.4 is 15.8 Å². The molecule has 1 saturated carbocycles. The number of hydrogen-bond donors (Lipinski definition) is 2. The quantitative estimate of drug-likeness (QED) is 0.432. The van der Waals surface area contributed by atoms with E-state index in [-0.39, 0.29) is 16.4 Å². The first-order valence-electron chi connectivity index (χ1n) is 11.2. The highest BCUT2D eigenvalue weighted by Gasteiger charge is 2.41. The van der Waals surface area contributed by atoms with Crippen molar-refractivity contribution in [3.63, 3.8) is 0 Å². The summed E-state index contributed by atoms with van der Waals surface area (Å²) in [6.07, 6.45) is 11.1. The van der Waals surface area contributed by atoms with Crippen molar-refractivity contribution in [2.24, 2.45) is 0 Å². The van der Waals surface area contributed by atoms with Crippen molar-refractivity contribution in [2.75, 3.05) is 12.3 Å². The van der Waals surface area contributed by atoms with E-state index in [0.29, 0.717) is 22.4 Å². The van der Waals surface area contributed by atoms with Gasteiger partial charge >= 0.3 is 0 Å². The number of nitrogen functional groups attached to an aromatic ring is 1. The zero-order valence-corrected chi connectivity index (χ0v) is 19.8. The van der Waals surface area contributed by atoms with Gasteiger partial charge in [-0.05, 0) is 44.4 Å². The Morgan fingerprint density at radius 3 is 2.82 bits per heavy atom. The lowest BCUT2D eigenvalue weighted by molar-refractivity contribution is 0.227. The van der Waals surface area contributed by atoms with E-state index in [0.717, 1.165) is 24.1 Å². The summed E-state index contributed by atoms with van der Waals surface area (Å²) >= 11 is 12.4. The molecule has 2 aliphatic rings. The molecule has 3 aromatic rings. The van der Waals surface area contributed by atoms with Crippen molar-refractivity contribution in [3.05, 3.63) is 58.2 Å². The zero-order chi connectivity index (χ0) is 23.2. The molecule has 1 aliphatic heterocycles. The molecule has 2 aromatic heterocycles. The summed E-state index contributed by atoms with van der Waals surface area (Å²) in [5, 5.41) is 8.62. The number of rotatable bonds is 5. The summed E-state index contributed by atoms with van der Waals surface area (Å²) in [5.74, 6) is 0.0426. The van der Waals surface area contributed by atoms with Crippen LogP contribution in [0.4, 0.5) is 10.2 Å². The first-order valence-corrected chi connectivity index (χ1v) is 12.0. The number of pyridine rings is 1. The summed E-state index contributed by atoms with van der Waals surface area (Å²) in [6.45, 7) is 2.67. The number of nitrogens with zero attached hydrogens (tertiary/aromatic N) is 3. The van der Waals surface area contributed by atoms with Gasteiger partial charge in [0.05, 0.1) is 17.3 Å². The largest absolute Gasteiger partial charge is 0.482 e. The maximum Gasteiger partial charge on any atom is 0.166 e. The third kappa shape index (κ3) is 4.29. The van der Waals surface area contributed by atoms with Gasteiger partial charge in [0.2, 0.25) is 0 Å². The van der Waals surface area contributed by atoms with E-state index in [1.54, 1.807) is 13.1 Å². The van der Waals surface area contributed by atoms with Crippen LogP contribution in [0.1, 0.15) is 56.7 Å². The maximum atomic E-state index is 14.0. The Morgan fingerprint density at radius 2 is 2.03 bits per heavy atom. The average molecular weight is 490 g/mol. The van der Waals surface area contributed by atoms with E-state index in [1.165, 1.54) is 37.8 Å². The number of ether oxygens (including phenoxy) is 1. The number of anilines is 1. The van der Waals surface area contributed by atoms with E-state index in [9.17, 15) is 4.39 Å². The van der Waals surface area contributed by atoms with Gasteiger partial charge < -0.3 is 15.8 Å². The second-order valence-electron chi connectivity index (χ2n) is 9.06. The number of aromatic nitrogens is 3. The Hall–Kier alpha value is -2.35. The molecular formula is C24H26Cl2FN5O. The van der Waals surface area contributed by atoms with Crippen LogP contribution in [0.3, 0.4) is 0 Å². The normalized spacial score (nSPS) is 20.4. The molecule has 3 N–H and O–H groups in total. The van der Waals surface area contributed by atoms with Crippen LogP contribution in [0, 0.1) is 5.82 Å². The number of hydrogen-bond acceptors (Lipinski definition) is 5. The van der Waals surface area contributed by atoms with Crippen molar-refractivity contribution < 1.29 is 9.13 Å². The van der Waals surface area contributed by atoms with Gasteiger partial charge in [0.25, 0.3) is 0 Å². The van der Waals surface area contributed by atoms with Gasteiger partial charge in [-0.15, -0.1) is 0 Å². The predicted molar refractivity (Wildman–Crippen MR) is 128 cm³/mol. The SMILES string of the molecule is CC(Oc1cc(-c2cnn(C3CNC4(CCCC4)C3)c2)cnc1N)c1c(Cl)ccc(F)c1Cl. The molecule has 174 valence electrons. The minimum Gasteiger partial charge on any atom is -0.482 e. The number of benzene rings is 1. The lowest BCUT2D eigenvalue weighted by atomic mass is 9.94. The molecule has 33 heavy (non-hydrogen) atoms. The van der Waals surface area contributed by atoms with Crippen LogP contribution in [-0.2, 0) is 0 Å². The third-order valence-electron chi connectivity index (χ3n) is 6.88. The van der Waals surface area contributed by atoms with Crippen molar-refractivity contribution in [1.29, 1.82) is 0 Å². The monoisotopic (exact) mass is 489 g/mol. The van der Waals surface area contributed by atoms with Crippen molar-refractivity contribution in [1.82, 2.24) is 20.1 Å². The first-order chi connectivity index (χ1) is 15.8.